The number of benzene rings is 2. The Morgan fingerprint density at radius 3 is 2.46 bits per heavy atom. The van der Waals surface area contributed by atoms with Crippen LogP contribution in [0.5, 0.6) is 5.75 Å². The van der Waals surface area contributed by atoms with Crippen LogP contribution in [0.15, 0.2) is 53.5 Å². The van der Waals surface area contributed by atoms with Gasteiger partial charge in [-0.25, -0.2) is 9.37 Å². The van der Waals surface area contributed by atoms with Gasteiger partial charge in [0.15, 0.2) is 11.6 Å². The largest absolute Gasteiger partial charge is 0.488 e. The normalized spacial score (nSPS) is 11.7. The highest BCUT2D eigenvalue weighted by Gasteiger charge is 2.21. The zero-order valence-electron chi connectivity index (χ0n) is 19.2. The number of carboxylic acids is 1. The fourth-order valence-electron chi connectivity index (χ4n) is 3.06. The molecule has 0 spiro atoms. The molecule has 0 fully saturated rings. The third-order valence-electron chi connectivity index (χ3n) is 4.81. The molecule has 1 atom stereocenters. The van der Waals surface area contributed by atoms with Gasteiger partial charge in [0.25, 0.3) is 11.5 Å². The van der Waals surface area contributed by atoms with Crippen molar-refractivity contribution in [2.45, 2.75) is 39.5 Å². The lowest BCUT2D eigenvalue weighted by Gasteiger charge is -2.16. The quantitative estimate of drug-likeness (QED) is 0.406. The van der Waals surface area contributed by atoms with Gasteiger partial charge in [0.05, 0.1) is 12.6 Å². The molecule has 35 heavy (non-hydrogen) atoms. The van der Waals surface area contributed by atoms with Crippen LogP contribution in [0.2, 0.25) is 5.02 Å². The van der Waals surface area contributed by atoms with Crippen molar-refractivity contribution in [3.8, 4) is 5.75 Å². The molecular formula is C24H24ClFN4O5. The molecule has 9 nitrogen and oxygen atoms in total. The molecule has 0 radical (unpaired) electrons. The Morgan fingerprint density at radius 2 is 1.86 bits per heavy atom. The number of carboxylic acid groups (broad SMARTS) is 1. The maximum Gasteiger partial charge on any atom is 0.325 e. The number of aliphatic carboxylic acids is 1. The summed E-state index contributed by atoms with van der Waals surface area (Å²) >= 11 is 5.94. The van der Waals surface area contributed by atoms with Crippen LogP contribution in [0.1, 0.15) is 36.7 Å². The molecule has 11 heteroatoms. The molecular weight excluding hydrogens is 479 g/mol. The molecule has 0 aliphatic heterocycles. The number of hydrogen-bond acceptors (Lipinski definition) is 6. The van der Waals surface area contributed by atoms with Crippen LogP contribution < -0.4 is 20.9 Å². The SMILES string of the molecule is CC(C)Oc1ccc(Nc2ncc(C(=O)N[C@H](C)C(=O)O)c(=O)n2Cc2ccc(Cl)cc2)cc1F. The molecule has 0 saturated heterocycles. The summed E-state index contributed by atoms with van der Waals surface area (Å²) in [6.07, 6.45) is 0.830. The van der Waals surface area contributed by atoms with Crippen LogP contribution in [-0.4, -0.2) is 38.7 Å². The van der Waals surface area contributed by atoms with E-state index in [1.54, 1.807) is 44.2 Å². The highest BCUT2D eigenvalue weighted by Crippen LogP contribution is 2.24. The van der Waals surface area contributed by atoms with E-state index in [4.69, 9.17) is 21.4 Å². The van der Waals surface area contributed by atoms with Crippen molar-refractivity contribution in [1.29, 1.82) is 0 Å². The Bertz CT molecular complexity index is 1290. The molecule has 1 aromatic heterocycles. The van der Waals surface area contributed by atoms with E-state index in [-0.39, 0.29) is 29.9 Å². The topological polar surface area (TPSA) is 123 Å². The van der Waals surface area contributed by atoms with Gasteiger partial charge in [-0.1, -0.05) is 23.7 Å². The number of hydrogen-bond donors (Lipinski definition) is 3. The lowest BCUT2D eigenvalue weighted by molar-refractivity contribution is -0.138. The molecule has 3 N–H and O–H groups in total. The van der Waals surface area contributed by atoms with Crippen molar-refractivity contribution in [2.75, 3.05) is 5.32 Å². The molecule has 3 rings (SSSR count). The Labute approximate surface area is 205 Å². The number of nitrogens with one attached hydrogen (secondary N) is 2. The van der Waals surface area contributed by atoms with Gasteiger partial charge in [-0.2, -0.15) is 0 Å². The summed E-state index contributed by atoms with van der Waals surface area (Å²) in [7, 11) is 0. The first-order valence-electron chi connectivity index (χ1n) is 10.7. The van der Waals surface area contributed by atoms with Gasteiger partial charge in [0.1, 0.15) is 11.6 Å². The minimum atomic E-state index is -1.25. The van der Waals surface area contributed by atoms with Gasteiger partial charge in [0.2, 0.25) is 5.95 Å². The number of anilines is 2. The third-order valence-corrected chi connectivity index (χ3v) is 5.07. The second kappa shape index (κ2) is 11.0. The molecule has 3 aromatic rings. The molecule has 1 amide bonds. The van der Waals surface area contributed by atoms with E-state index in [2.05, 4.69) is 15.6 Å². The number of nitrogens with zero attached hydrogens (tertiary/aromatic N) is 2. The molecule has 0 aliphatic carbocycles. The van der Waals surface area contributed by atoms with E-state index in [0.29, 0.717) is 16.3 Å². The average molecular weight is 503 g/mol. The van der Waals surface area contributed by atoms with E-state index < -0.39 is 29.3 Å². The van der Waals surface area contributed by atoms with Gasteiger partial charge >= 0.3 is 5.97 Å². The fraction of sp³-hybridized carbons (Fsp3) is 0.250. The fourth-order valence-corrected chi connectivity index (χ4v) is 3.19. The molecule has 0 bridgehead atoms. The second-order valence-corrected chi connectivity index (χ2v) is 8.42. The molecule has 0 unspecified atom stereocenters. The number of carbonyl (C=O) groups is 2. The van der Waals surface area contributed by atoms with Crippen LogP contribution in [-0.2, 0) is 11.3 Å². The van der Waals surface area contributed by atoms with Crippen LogP contribution in [0.4, 0.5) is 16.0 Å². The first-order chi connectivity index (χ1) is 16.5. The smallest absolute Gasteiger partial charge is 0.325 e. The summed E-state index contributed by atoms with van der Waals surface area (Å²) < 4.78 is 21.1. The van der Waals surface area contributed by atoms with Gasteiger partial charge in [-0.05, 0) is 50.6 Å². The maximum atomic E-state index is 14.5. The molecule has 0 aliphatic rings. The number of ether oxygens (including phenoxy) is 1. The second-order valence-electron chi connectivity index (χ2n) is 7.98. The van der Waals surface area contributed by atoms with E-state index in [1.165, 1.54) is 23.6 Å². The number of aromatic nitrogens is 2. The first kappa shape index (κ1) is 25.7. The number of amides is 1. The average Bonchev–Trinajstić information content (AvgIpc) is 2.79. The van der Waals surface area contributed by atoms with Crippen molar-refractivity contribution in [3.05, 3.63) is 81.0 Å². The predicted molar refractivity (Wildman–Crippen MR) is 129 cm³/mol. The van der Waals surface area contributed by atoms with Crippen molar-refractivity contribution in [1.82, 2.24) is 14.9 Å². The number of rotatable bonds is 9. The Morgan fingerprint density at radius 1 is 1.17 bits per heavy atom. The Hall–Kier alpha value is -3.92. The summed E-state index contributed by atoms with van der Waals surface area (Å²) in [6.45, 7) is 4.84. The molecule has 2 aromatic carbocycles. The van der Waals surface area contributed by atoms with Gasteiger partial charge < -0.3 is 20.5 Å². The van der Waals surface area contributed by atoms with Crippen LogP contribution >= 0.6 is 11.6 Å². The molecule has 1 heterocycles. The Kier molecular flexibility index (Phi) is 8.08. The van der Waals surface area contributed by atoms with Crippen LogP contribution in [0.3, 0.4) is 0 Å². The zero-order valence-corrected chi connectivity index (χ0v) is 20.0. The summed E-state index contributed by atoms with van der Waals surface area (Å²) in [4.78, 5) is 41.0. The molecule has 184 valence electrons. The van der Waals surface area contributed by atoms with Gasteiger partial charge in [-0.15, -0.1) is 0 Å². The monoisotopic (exact) mass is 502 g/mol. The van der Waals surface area contributed by atoms with E-state index >= 15 is 0 Å². The number of halogens is 2. The highest BCUT2D eigenvalue weighted by atomic mass is 35.5. The minimum Gasteiger partial charge on any atom is -0.488 e. The summed E-state index contributed by atoms with van der Waals surface area (Å²) in [5.74, 6) is -2.61. The third kappa shape index (κ3) is 6.57. The molecule has 0 saturated carbocycles. The van der Waals surface area contributed by atoms with Crippen molar-refractivity contribution in [2.24, 2.45) is 0 Å². The van der Waals surface area contributed by atoms with E-state index in [0.717, 1.165) is 6.20 Å². The number of carbonyl (C=O) groups excluding carboxylic acids is 1. The predicted octanol–water partition coefficient (Wildman–Crippen LogP) is 3.82. The van der Waals surface area contributed by atoms with Gasteiger partial charge in [0, 0.05) is 23.0 Å². The van der Waals surface area contributed by atoms with E-state index in [1.807, 2.05) is 0 Å². The standard InChI is InChI=1S/C24H24ClFN4O5/c1-13(2)35-20-9-8-17(10-19(20)26)29-24-27-11-18(21(31)28-14(3)23(33)34)22(32)30(24)12-15-4-6-16(25)7-5-15/h4-11,13-14H,12H2,1-3H3,(H,27,29)(H,28,31)(H,33,34)/t14-/m1/s1. The maximum absolute atomic E-state index is 14.5. The minimum absolute atomic E-state index is 0.0119. The van der Waals surface area contributed by atoms with Gasteiger partial charge in [-0.3, -0.25) is 19.0 Å². The van der Waals surface area contributed by atoms with Crippen LogP contribution in [0, 0.1) is 5.82 Å². The Balaban J connectivity index is 2.00. The van der Waals surface area contributed by atoms with Crippen molar-refractivity contribution in [3.63, 3.8) is 0 Å². The first-order valence-corrected chi connectivity index (χ1v) is 11.0. The summed E-state index contributed by atoms with van der Waals surface area (Å²) in [5.41, 5.74) is -0.0750. The lowest BCUT2D eigenvalue weighted by Crippen LogP contribution is -2.41. The van der Waals surface area contributed by atoms with Crippen LogP contribution in [0.25, 0.3) is 0 Å². The summed E-state index contributed by atoms with van der Waals surface area (Å²) in [5, 5.41) is 14.7. The van der Waals surface area contributed by atoms with Crippen molar-refractivity contribution >= 4 is 35.1 Å². The lowest BCUT2D eigenvalue weighted by atomic mass is 10.2. The van der Waals surface area contributed by atoms with E-state index in [9.17, 15) is 18.8 Å². The van der Waals surface area contributed by atoms with Crippen molar-refractivity contribution < 1.29 is 23.8 Å². The summed E-state index contributed by atoms with van der Waals surface area (Å²) in [6, 6.07) is 9.71. The highest BCUT2D eigenvalue weighted by molar-refractivity contribution is 6.30. The zero-order chi connectivity index (χ0) is 25.7.